The molecule has 1 N–H and O–H groups in total. The van der Waals surface area contributed by atoms with Gasteiger partial charge in [0.05, 0.1) is 0 Å². The Hall–Kier alpha value is -3.02. The summed E-state index contributed by atoms with van der Waals surface area (Å²) >= 11 is 0. The average Bonchev–Trinajstić information content (AvgIpc) is 3.02. The molecule has 0 saturated carbocycles. The molecule has 0 aliphatic heterocycles. The van der Waals surface area contributed by atoms with Crippen molar-refractivity contribution in [1.29, 1.82) is 0 Å². The van der Waals surface area contributed by atoms with Crippen LogP contribution in [0.25, 0.3) is 11.4 Å². The summed E-state index contributed by atoms with van der Waals surface area (Å²) in [6, 6.07) is 11.1. The van der Waals surface area contributed by atoms with E-state index in [4.69, 9.17) is 0 Å². The molecule has 0 aliphatic rings. The van der Waals surface area contributed by atoms with Crippen molar-refractivity contribution >= 4 is 11.6 Å². The van der Waals surface area contributed by atoms with Gasteiger partial charge in [0.1, 0.15) is 5.82 Å². The molecule has 25 heavy (non-hydrogen) atoms. The Morgan fingerprint density at radius 3 is 2.72 bits per heavy atom. The smallest absolute Gasteiger partial charge is 0.224 e. The molecular formula is C19H17F2N3O. The number of benzene rings is 2. The van der Waals surface area contributed by atoms with E-state index in [0.717, 1.165) is 23.5 Å². The number of aryl methyl sites for hydroxylation is 2. The first-order valence-corrected chi connectivity index (χ1v) is 7.84. The molecule has 1 heterocycles. The molecule has 3 aromatic rings. The lowest BCUT2D eigenvalue weighted by Crippen LogP contribution is -2.12. The molecule has 0 bridgehead atoms. The third-order valence-electron chi connectivity index (χ3n) is 3.85. The minimum Gasteiger partial charge on any atom is -0.334 e. The van der Waals surface area contributed by atoms with Gasteiger partial charge >= 0.3 is 0 Å². The van der Waals surface area contributed by atoms with E-state index in [0.29, 0.717) is 17.7 Å². The second kappa shape index (κ2) is 7.25. The Labute approximate surface area is 144 Å². The van der Waals surface area contributed by atoms with Crippen molar-refractivity contribution < 1.29 is 13.6 Å². The molecule has 2 aromatic carbocycles. The van der Waals surface area contributed by atoms with E-state index >= 15 is 0 Å². The maximum atomic E-state index is 13.2. The van der Waals surface area contributed by atoms with Gasteiger partial charge in [0.2, 0.25) is 5.91 Å². The van der Waals surface area contributed by atoms with Crippen molar-refractivity contribution in [3.8, 4) is 11.4 Å². The molecule has 0 spiro atoms. The maximum absolute atomic E-state index is 13.2. The monoisotopic (exact) mass is 341 g/mol. The number of amides is 1. The number of hydrogen-bond donors (Lipinski definition) is 1. The van der Waals surface area contributed by atoms with Crippen LogP contribution in [0.3, 0.4) is 0 Å². The molecule has 1 amide bonds. The molecule has 128 valence electrons. The van der Waals surface area contributed by atoms with Gasteiger partial charge in [0, 0.05) is 37.1 Å². The Balaban J connectivity index is 1.63. The van der Waals surface area contributed by atoms with Gasteiger partial charge in [0.25, 0.3) is 0 Å². The largest absolute Gasteiger partial charge is 0.334 e. The highest BCUT2D eigenvalue weighted by molar-refractivity contribution is 5.91. The summed E-state index contributed by atoms with van der Waals surface area (Å²) in [6.07, 6.45) is 4.07. The number of hydrogen-bond acceptors (Lipinski definition) is 2. The van der Waals surface area contributed by atoms with Gasteiger partial charge in [-0.2, -0.15) is 0 Å². The van der Waals surface area contributed by atoms with Crippen LogP contribution < -0.4 is 5.32 Å². The minimum atomic E-state index is -0.902. The Kier molecular flexibility index (Phi) is 4.88. The average molecular weight is 341 g/mol. The number of rotatable bonds is 5. The number of carbonyl (C=O) groups is 1. The standard InChI is InChI=1S/C19H17F2N3O/c1-24-10-9-22-19(24)14-3-2-4-15(12-14)23-18(25)8-6-13-5-7-16(20)17(21)11-13/h2-5,7,9-12H,6,8H2,1H3,(H,23,25). The fraction of sp³-hybridized carbons (Fsp3) is 0.158. The van der Waals surface area contributed by atoms with Gasteiger partial charge in [-0.05, 0) is 36.2 Å². The van der Waals surface area contributed by atoms with Gasteiger partial charge in [-0.25, -0.2) is 13.8 Å². The molecule has 1 aromatic heterocycles. The van der Waals surface area contributed by atoms with Crippen molar-refractivity contribution in [2.75, 3.05) is 5.32 Å². The Morgan fingerprint density at radius 1 is 1.16 bits per heavy atom. The van der Waals surface area contributed by atoms with Crippen molar-refractivity contribution in [1.82, 2.24) is 9.55 Å². The molecule has 0 fully saturated rings. The van der Waals surface area contributed by atoms with Crippen LogP contribution >= 0.6 is 0 Å². The van der Waals surface area contributed by atoms with Crippen LogP contribution in [0.4, 0.5) is 14.5 Å². The molecule has 4 nitrogen and oxygen atoms in total. The van der Waals surface area contributed by atoms with E-state index in [1.54, 1.807) is 12.3 Å². The van der Waals surface area contributed by atoms with Crippen LogP contribution in [0.2, 0.25) is 0 Å². The van der Waals surface area contributed by atoms with Gasteiger partial charge in [-0.3, -0.25) is 4.79 Å². The fourth-order valence-electron chi connectivity index (χ4n) is 2.56. The fourth-order valence-corrected chi connectivity index (χ4v) is 2.56. The second-order valence-corrected chi connectivity index (χ2v) is 5.74. The lowest BCUT2D eigenvalue weighted by atomic mass is 10.1. The van der Waals surface area contributed by atoms with Gasteiger partial charge < -0.3 is 9.88 Å². The second-order valence-electron chi connectivity index (χ2n) is 5.74. The summed E-state index contributed by atoms with van der Waals surface area (Å²) in [4.78, 5) is 16.4. The van der Waals surface area contributed by atoms with E-state index in [1.807, 2.05) is 36.0 Å². The zero-order valence-electron chi connectivity index (χ0n) is 13.7. The summed E-state index contributed by atoms with van der Waals surface area (Å²) in [7, 11) is 1.90. The first-order chi connectivity index (χ1) is 12.0. The first kappa shape index (κ1) is 16.8. The quantitative estimate of drug-likeness (QED) is 0.764. The van der Waals surface area contributed by atoms with Crippen LogP contribution in [-0.4, -0.2) is 15.5 Å². The zero-order valence-corrected chi connectivity index (χ0v) is 13.7. The number of aromatic nitrogens is 2. The highest BCUT2D eigenvalue weighted by atomic mass is 19.2. The summed E-state index contributed by atoms with van der Waals surface area (Å²) in [5.74, 6) is -1.18. The molecule has 3 rings (SSSR count). The molecule has 0 unspecified atom stereocenters. The van der Waals surface area contributed by atoms with E-state index < -0.39 is 11.6 Å². The van der Waals surface area contributed by atoms with Crippen LogP contribution in [0.5, 0.6) is 0 Å². The van der Waals surface area contributed by atoms with Crippen molar-refractivity contribution in [3.05, 3.63) is 72.1 Å². The topological polar surface area (TPSA) is 46.9 Å². The molecule has 0 radical (unpaired) electrons. The van der Waals surface area contributed by atoms with E-state index in [1.165, 1.54) is 6.07 Å². The Bertz CT molecular complexity index is 905. The summed E-state index contributed by atoms with van der Waals surface area (Å²) in [5.41, 5.74) is 2.14. The van der Waals surface area contributed by atoms with Gasteiger partial charge in [0.15, 0.2) is 11.6 Å². The van der Waals surface area contributed by atoms with Gasteiger partial charge in [-0.1, -0.05) is 18.2 Å². The molecule has 0 atom stereocenters. The molecule has 0 aliphatic carbocycles. The number of imidazole rings is 1. The van der Waals surface area contributed by atoms with Crippen LogP contribution in [0, 0.1) is 11.6 Å². The normalized spacial score (nSPS) is 10.7. The van der Waals surface area contributed by atoms with Crippen molar-refractivity contribution in [2.45, 2.75) is 12.8 Å². The highest BCUT2D eigenvalue weighted by Gasteiger charge is 2.08. The van der Waals surface area contributed by atoms with Crippen LogP contribution in [0.1, 0.15) is 12.0 Å². The number of nitrogens with one attached hydrogen (secondary N) is 1. The summed E-state index contributed by atoms with van der Waals surface area (Å²) in [5, 5.41) is 2.82. The van der Waals surface area contributed by atoms with Crippen LogP contribution in [-0.2, 0) is 18.3 Å². The third-order valence-corrected chi connectivity index (χ3v) is 3.85. The zero-order chi connectivity index (χ0) is 17.8. The predicted molar refractivity (Wildman–Crippen MR) is 92.0 cm³/mol. The number of carbonyl (C=O) groups excluding carboxylic acids is 1. The number of anilines is 1. The van der Waals surface area contributed by atoms with E-state index in [9.17, 15) is 13.6 Å². The van der Waals surface area contributed by atoms with E-state index in [-0.39, 0.29) is 12.3 Å². The van der Waals surface area contributed by atoms with Crippen LogP contribution in [0.15, 0.2) is 54.9 Å². The van der Waals surface area contributed by atoms with Gasteiger partial charge in [-0.15, -0.1) is 0 Å². The highest BCUT2D eigenvalue weighted by Crippen LogP contribution is 2.21. The Morgan fingerprint density at radius 2 is 2.00 bits per heavy atom. The predicted octanol–water partition coefficient (Wildman–Crippen LogP) is 3.94. The lowest BCUT2D eigenvalue weighted by Gasteiger charge is -2.08. The molecule has 6 heteroatoms. The minimum absolute atomic E-state index is 0.178. The first-order valence-electron chi connectivity index (χ1n) is 7.84. The van der Waals surface area contributed by atoms with E-state index in [2.05, 4.69) is 10.3 Å². The molecule has 0 saturated heterocycles. The third kappa shape index (κ3) is 4.09. The number of nitrogens with zero attached hydrogens (tertiary/aromatic N) is 2. The maximum Gasteiger partial charge on any atom is 0.224 e. The van der Waals surface area contributed by atoms with Crippen molar-refractivity contribution in [2.24, 2.45) is 7.05 Å². The summed E-state index contributed by atoms with van der Waals surface area (Å²) < 4.78 is 28.0. The lowest BCUT2D eigenvalue weighted by molar-refractivity contribution is -0.116. The SMILES string of the molecule is Cn1ccnc1-c1cccc(NC(=O)CCc2ccc(F)c(F)c2)c1. The molecular weight excluding hydrogens is 324 g/mol. The van der Waals surface area contributed by atoms with Crippen molar-refractivity contribution in [3.63, 3.8) is 0 Å². The number of halogens is 2. The summed E-state index contributed by atoms with van der Waals surface area (Å²) in [6.45, 7) is 0.